The summed E-state index contributed by atoms with van der Waals surface area (Å²) in [6, 6.07) is 7.09. The van der Waals surface area contributed by atoms with Crippen molar-refractivity contribution < 1.29 is 0 Å². The lowest BCUT2D eigenvalue weighted by molar-refractivity contribution is 0.182. The standard InChI is InChI=1S/C15H24N2S/c1-12-6-5-8-14(15(12)16)18-11-9-13-7-3-4-10-17(13)2/h5-6,8,13H,3-4,7,9-11,16H2,1-2H3. The van der Waals surface area contributed by atoms with Gasteiger partial charge in [-0.2, -0.15) is 0 Å². The summed E-state index contributed by atoms with van der Waals surface area (Å²) in [6.07, 6.45) is 5.39. The summed E-state index contributed by atoms with van der Waals surface area (Å²) >= 11 is 1.91. The van der Waals surface area contributed by atoms with Gasteiger partial charge in [0, 0.05) is 16.6 Å². The molecule has 1 aliphatic heterocycles. The number of nitrogens with two attached hydrogens (primary N) is 1. The fourth-order valence-corrected chi connectivity index (χ4v) is 3.69. The molecule has 0 aromatic heterocycles. The number of likely N-dealkylation sites (tertiary alicyclic amines) is 1. The summed E-state index contributed by atoms with van der Waals surface area (Å²) in [4.78, 5) is 3.76. The highest BCUT2D eigenvalue weighted by molar-refractivity contribution is 7.99. The molecular weight excluding hydrogens is 240 g/mol. The number of piperidine rings is 1. The van der Waals surface area contributed by atoms with E-state index in [0.717, 1.165) is 11.7 Å². The zero-order valence-electron chi connectivity index (χ0n) is 11.5. The first-order valence-corrected chi connectivity index (χ1v) is 7.85. The molecule has 0 radical (unpaired) electrons. The molecule has 0 aliphatic carbocycles. The molecule has 3 heteroatoms. The molecule has 100 valence electrons. The van der Waals surface area contributed by atoms with Crippen LogP contribution in [0.4, 0.5) is 5.69 Å². The number of aryl methyl sites for hydroxylation is 1. The van der Waals surface area contributed by atoms with E-state index in [1.807, 2.05) is 11.8 Å². The number of anilines is 1. The second-order valence-corrected chi connectivity index (χ2v) is 6.39. The topological polar surface area (TPSA) is 29.3 Å². The minimum atomic E-state index is 0.775. The highest BCUT2D eigenvalue weighted by Gasteiger charge is 2.18. The average Bonchev–Trinajstić information content (AvgIpc) is 2.37. The molecule has 2 nitrogen and oxygen atoms in total. The number of hydrogen-bond acceptors (Lipinski definition) is 3. The van der Waals surface area contributed by atoms with Crippen LogP contribution in [0.1, 0.15) is 31.2 Å². The zero-order valence-corrected chi connectivity index (χ0v) is 12.3. The van der Waals surface area contributed by atoms with Gasteiger partial charge in [-0.3, -0.25) is 0 Å². The Hall–Kier alpha value is -0.670. The molecule has 1 heterocycles. The second kappa shape index (κ2) is 6.48. The SMILES string of the molecule is Cc1cccc(SCCC2CCCCN2C)c1N. The zero-order chi connectivity index (χ0) is 13.0. The molecule has 1 saturated heterocycles. The van der Waals surface area contributed by atoms with Crippen molar-refractivity contribution in [2.45, 2.75) is 43.5 Å². The van der Waals surface area contributed by atoms with Crippen molar-refractivity contribution in [1.29, 1.82) is 0 Å². The Morgan fingerprint density at radius 2 is 2.22 bits per heavy atom. The summed E-state index contributed by atoms with van der Waals surface area (Å²) in [6.45, 7) is 3.34. The van der Waals surface area contributed by atoms with Gasteiger partial charge in [-0.05, 0) is 57.2 Å². The molecule has 0 spiro atoms. The van der Waals surface area contributed by atoms with Crippen LogP contribution in [0.5, 0.6) is 0 Å². The van der Waals surface area contributed by atoms with Gasteiger partial charge in [0.15, 0.2) is 0 Å². The van der Waals surface area contributed by atoms with Crippen LogP contribution in [-0.2, 0) is 0 Å². The molecule has 0 saturated carbocycles. The highest BCUT2D eigenvalue weighted by Crippen LogP contribution is 2.29. The van der Waals surface area contributed by atoms with E-state index in [9.17, 15) is 0 Å². The molecule has 1 atom stereocenters. The maximum atomic E-state index is 6.10. The van der Waals surface area contributed by atoms with Gasteiger partial charge in [0.1, 0.15) is 0 Å². The van der Waals surface area contributed by atoms with Crippen molar-refractivity contribution in [1.82, 2.24) is 4.90 Å². The van der Waals surface area contributed by atoms with Crippen LogP contribution in [0.25, 0.3) is 0 Å². The van der Waals surface area contributed by atoms with Gasteiger partial charge in [0.25, 0.3) is 0 Å². The van der Waals surface area contributed by atoms with E-state index >= 15 is 0 Å². The Kier molecular flexibility index (Phi) is 4.95. The molecule has 18 heavy (non-hydrogen) atoms. The lowest BCUT2D eigenvalue weighted by Crippen LogP contribution is -2.36. The molecule has 0 bridgehead atoms. The van der Waals surface area contributed by atoms with Gasteiger partial charge in [-0.25, -0.2) is 0 Å². The molecule has 1 unspecified atom stereocenters. The van der Waals surface area contributed by atoms with Crippen molar-refractivity contribution in [3.8, 4) is 0 Å². The maximum absolute atomic E-state index is 6.10. The van der Waals surface area contributed by atoms with Crippen molar-refractivity contribution in [2.24, 2.45) is 0 Å². The molecule has 1 aromatic carbocycles. The largest absolute Gasteiger partial charge is 0.398 e. The minimum absolute atomic E-state index is 0.775. The van der Waals surface area contributed by atoms with E-state index in [2.05, 4.69) is 37.1 Å². The van der Waals surface area contributed by atoms with E-state index in [0.29, 0.717) is 0 Å². The van der Waals surface area contributed by atoms with Crippen LogP contribution in [0.3, 0.4) is 0 Å². The highest BCUT2D eigenvalue weighted by atomic mass is 32.2. The van der Waals surface area contributed by atoms with E-state index in [1.54, 1.807) is 0 Å². The van der Waals surface area contributed by atoms with Gasteiger partial charge >= 0.3 is 0 Å². The van der Waals surface area contributed by atoms with Gasteiger partial charge < -0.3 is 10.6 Å². The number of para-hydroxylation sites is 1. The van der Waals surface area contributed by atoms with E-state index in [1.165, 1.54) is 48.4 Å². The number of rotatable bonds is 4. The number of benzene rings is 1. The summed E-state index contributed by atoms with van der Waals surface area (Å²) in [5.74, 6) is 1.17. The second-order valence-electron chi connectivity index (χ2n) is 5.25. The van der Waals surface area contributed by atoms with Crippen LogP contribution in [0, 0.1) is 6.92 Å². The Morgan fingerprint density at radius 1 is 1.39 bits per heavy atom. The van der Waals surface area contributed by atoms with Gasteiger partial charge in [0.05, 0.1) is 0 Å². The van der Waals surface area contributed by atoms with E-state index in [4.69, 9.17) is 5.73 Å². The number of nitrogens with zero attached hydrogens (tertiary/aromatic N) is 1. The molecule has 0 amide bonds. The predicted molar refractivity (Wildman–Crippen MR) is 81.2 cm³/mol. The predicted octanol–water partition coefficient (Wildman–Crippen LogP) is 3.54. The molecule has 1 fully saturated rings. The summed E-state index contributed by atoms with van der Waals surface area (Å²) < 4.78 is 0. The summed E-state index contributed by atoms with van der Waals surface area (Å²) in [5, 5.41) is 0. The third-order valence-electron chi connectivity index (χ3n) is 3.91. The van der Waals surface area contributed by atoms with Crippen molar-refractivity contribution in [3.63, 3.8) is 0 Å². The number of nitrogen functional groups attached to an aromatic ring is 1. The Bertz CT molecular complexity index is 392. The Morgan fingerprint density at radius 3 is 3.00 bits per heavy atom. The van der Waals surface area contributed by atoms with Crippen molar-refractivity contribution in [3.05, 3.63) is 23.8 Å². The first-order chi connectivity index (χ1) is 8.68. The average molecular weight is 264 g/mol. The van der Waals surface area contributed by atoms with Crippen LogP contribution < -0.4 is 5.73 Å². The Labute approximate surface area is 115 Å². The monoisotopic (exact) mass is 264 g/mol. The number of thioether (sulfide) groups is 1. The molecule has 2 rings (SSSR count). The van der Waals surface area contributed by atoms with E-state index in [-0.39, 0.29) is 0 Å². The minimum Gasteiger partial charge on any atom is -0.398 e. The molecule has 1 aliphatic rings. The van der Waals surface area contributed by atoms with Crippen LogP contribution in [0.15, 0.2) is 23.1 Å². The van der Waals surface area contributed by atoms with E-state index < -0.39 is 0 Å². The van der Waals surface area contributed by atoms with Crippen LogP contribution in [-0.4, -0.2) is 30.3 Å². The first kappa shape index (κ1) is 13.8. The van der Waals surface area contributed by atoms with Gasteiger partial charge in [-0.1, -0.05) is 18.6 Å². The van der Waals surface area contributed by atoms with Crippen molar-refractivity contribution >= 4 is 17.4 Å². The fourth-order valence-electron chi connectivity index (χ4n) is 2.59. The normalized spacial score (nSPS) is 21.1. The summed E-state index contributed by atoms with van der Waals surface area (Å²) in [5.41, 5.74) is 8.25. The molecule has 1 aromatic rings. The summed E-state index contributed by atoms with van der Waals surface area (Å²) in [7, 11) is 2.26. The molecular formula is C15H24N2S. The Balaban J connectivity index is 1.83. The quantitative estimate of drug-likeness (QED) is 0.666. The number of hydrogen-bond donors (Lipinski definition) is 1. The molecule has 2 N–H and O–H groups in total. The lowest BCUT2D eigenvalue weighted by atomic mass is 10.0. The van der Waals surface area contributed by atoms with Crippen LogP contribution >= 0.6 is 11.8 Å². The third kappa shape index (κ3) is 3.42. The van der Waals surface area contributed by atoms with Crippen LogP contribution in [0.2, 0.25) is 0 Å². The maximum Gasteiger partial charge on any atom is 0.0481 e. The van der Waals surface area contributed by atoms with Crippen molar-refractivity contribution in [2.75, 3.05) is 25.1 Å². The fraction of sp³-hybridized carbons (Fsp3) is 0.600. The smallest absolute Gasteiger partial charge is 0.0481 e. The van der Waals surface area contributed by atoms with Gasteiger partial charge in [0.2, 0.25) is 0 Å². The lowest BCUT2D eigenvalue weighted by Gasteiger charge is -2.32. The van der Waals surface area contributed by atoms with Gasteiger partial charge in [-0.15, -0.1) is 11.8 Å². The first-order valence-electron chi connectivity index (χ1n) is 6.86. The third-order valence-corrected chi connectivity index (χ3v) is 5.02.